The van der Waals surface area contributed by atoms with Gasteiger partial charge in [0.25, 0.3) is 5.56 Å². The van der Waals surface area contributed by atoms with Gasteiger partial charge in [0.2, 0.25) is 6.41 Å². The van der Waals surface area contributed by atoms with Gasteiger partial charge in [-0.15, -0.1) is 0 Å². The second-order valence-corrected chi connectivity index (χ2v) is 4.02. The summed E-state index contributed by atoms with van der Waals surface area (Å²) in [6, 6.07) is 5.37. The summed E-state index contributed by atoms with van der Waals surface area (Å²) < 4.78 is 0. The number of rotatable bonds is 3. The van der Waals surface area contributed by atoms with Crippen molar-refractivity contribution in [3.05, 3.63) is 45.9 Å². The van der Waals surface area contributed by atoms with Crippen molar-refractivity contribution >= 4 is 12.2 Å². The zero-order valence-corrected chi connectivity index (χ0v) is 10.2. The summed E-state index contributed by atoms with van der Waals surface area (Å²) in [5, 5.41) is 2.51. The number of aryl methyl sites for hydroxylation is 2. The summed E-state index contributed by atoms with van der Waals surface area (Å²) in [5.74, 6) is 0.481. The molecule has 0 bridgehead atoms. The molecule has 0 radical (unpaired) electrons. The molecular weight excluding hydrogens is 230 g/mol. The number of carbonyl (C=O) groups excluding carboxylic acids is 1. The molecule has 18 heavy (non-hydrogen) atoms. The molecule has 2 rings (SSSR count). The topological polar surface area (TPSA) is 74.8 Å². The molecule has 1 amide bonds. The van der Waals surface area contributed by atoms with E-state index >= 15 is 0 Å². The fraction of sp³-hybridized carbons (Fsp3) is 0.154. The summed E-state index contributed by atoms with van der Waals surface area (Å²) in [5.41, 5.74) is 3.04. The van der Waals surface area contributed by atoms with Crippen LogP contribution in [0.15, 0.2) is 29.2 Å². The SMILES string of the molecule is Cc1ccc(NC=O)nc1-c1c[nH]c(=O)c(C)c1. The van der Waals surface area contributed by atoms with Crippen LogP contribution in [0.5, 0.6) is 0 Å². The van der Waals surface area contributed by atoms with Crippen molar-refractivity contribution in [3.63, 3.8) is 0 Å². The van der Waals surface area contributed by atoms with Gasteiger partial charge >= 0.3 is 0 Å². The first kappa shape index (κ1) is 12.0. The van der Waals surface area contributed by atoms with Gasteiger partial charge in [-0.05, 0) is 31.5 Å². The molecule has 2 N–H and O–H groups in total. The second-order valence-electron chi connectivity index (χ2n) is 4.02. The maximum atomic E-state index is 11.3. The van der Waals surface area contributed by atoms with Crippen LogP contribution in [0.4, 0.5) is 5.82 Å². The van der Waals surface area contributed by atoms with E-state index in [2.05, 4.69) is 15.3 Å². The summed E-state index contributed by atoms with van der Waals surface area (Å²) >= 11 is 0. The van der Waals surface area contributed by atoms with E-state index in [1.807, 2.05) is 13.0 Å². The number of pyridine rings is 2. The number of aromatic amines is 1. The summed E-state index contributed by atoms with van der Waals surface area (Å²) in [4.78, 5) is 28.7. The first-order valence-corrected chi connectivity index (χ1v) is 5.49. The van der Waals surface area contributed by atoms with Crippen molar-refractivity contribution in [2.75, 3.05) is 5.32 Å². The highest BCUT2D eigenvalue weighted by Gasteiger charge is 2.06. The van der Waals surface area contributed by atoms with E-state index in [0.717, 1.165) is 16.8 Å². The third-order valence-corrected chi connectivity index (χ3v) is 2.67. The number of hydrogen-bond donors (Lipinski definition) is 2. The number of carbonyl (C=O) groups is 1. The predicted molar refractivity (Wildman–Crippen MR) is 69.5 cm³/mol. The van der Waals surface area contributed by atoms with E-state index in [4.69, 9.17) is 0 Å². The van der Waals surface area contributed by atoms with Crippen LogP contribution in [0.2, 0.25) is 0 Å². The Morgan fingerprint density at radius 2 is 2.06 bits per heavy atom. The lowest BCUT2D eigenvalue weighted by atomic mass is 10.1. The molecule has 92 valence electrons. The van der Waals surface area contributed by atoms with Crippen molar-refractivity contribution in [2.24, 2.45) is 0 Å². The minimum absolute atomic E-state index is 0.112. The highest BCUT2D eigenvalue weighted by molar-refractivity contribution is 5.72. The van der Waals surface area contributed by atoms with Crippen LogP contribution in [-0.2, 0) is 4.79 Å². The molecule has 0 spiro atoms. The van der Waals surface area contributed by atoms with E-state index in [9.17, 15) is 9.59 Å². The van der Waals surface area contributed by atoms with Crippen LogP contribution in [0.1, 0.15) is 11.1 Å². The van der Waals surface area contributed by atoms with Crippen molar-refractivity contribution < 1.29 is 4.79 Å². The highest BCUT2D eigenvalue weighted by atomic mass is 16.1. The standard InChI is InChI=1S/C13H13N3O2/c1-8-3-4-11(15-7-17)16-12(8)10-5-9(2)13(18)14-6-10/h3-7H,1-2H3,(H,14,18)(H,15,16,17). The molecule has 2 aromatic rings. The lowest BCUT2D eigenvalue weighted by molar-refractivity contribution is -0.105. The molecular formula is C13H13N3O2. The average Bonchev–Trinajstić information content (AvgIpc) is 2.35. The van der Waals surface area contributed by atoms with Crippen LogP contribution < -0.4 is 10.9 Å². The summed E-state index contributed by atoms with van der Waals surface area (Å²) in [6.45, 7) is 3.67. The third kappa shape index (κ3) is 2.29. The van der Waals surface area contributed by atoms with E-state index in [-0.39, 0.29) is 5.56 Å². The Morgan fingerprint density at radius 3 is 2.72 bits per heavy atom. The van der Waals surface area contributed by atoms with Gasteiger partial charge in [0.15, 0.2) is 0 Å². The number of amides is 1. The normalized spacial score (nSPS) is 10.1. The summed E-state index contributed by atoms with van der Waals surface area (Å²) in [7, 11) is 0. The van der Waals surface area contributed by atoms with Gasteiger partial charge in [0.05, 0.1) is 5.69 Å². The molecule has 0 aliphatic carbocycles. The van der Waals surface area contributed by atoms with Gasteiger partial charge in [0, 0.05) is 17.3 Å². The Bertz CT molecular complexity index is 647. The number of anilines is 1. The fourth-order valence-corrected chi connectivity index (χ4v) is 1.70. The molecule has 5 nitrogen and oxygen atoms in total. The Morgan fingerprint density at radius 1 is 1.28 bits per heavy atom. The van der Waals surface area contributed by atoms with Crippen LogP contribution in [0.3, 0.4) is 0 Å². The maximum Gasteiger partial charge on any atom is 0.250 e. The lowest BCUT2D eigenvalue weighted by Crippen LogP contribution is -2.08. The number of aromatic nitrogens is 2. The number of H-pyrrole nitrogens is 1. The van der Waals surface area contributed by atoms with Gasteiger partial charge in [-0.25, -0.2) is 4.98 Å². The molecule has 0 aliphatic rings. The minimum Gasteiger partial charge on any atom is -0.328 e. The molecule has 0 fully saturated rings. The van der Waals surface area contributed by atoms with E-state index in [0.29, 0.717) is 17.8 Å². The average molecular weight is 243 g/mol. The molecule has 0 atom stereocenters. The fourth-order valence-electron chi connectivity index (χ4n) is 1.70. The highest BCUT2D eigenvalue weighted by Crippen LogP contribution is 2.22. The largest absolute Gasteiger partial charge is 0.328 e. The first-order chi connectivity index (χ1) is 8.61. The Labute approximate surface area is 104 Å². The Kier molecular flexibility index (Phi) is 3.23. The zero-order valence-electron chi connectivity index (χ0n) is 10.2. The third-order valence-electron chi connectivity index (χ3n) is 2.67. The molecule has 0 saturated heterocycles. The van der Waals surface area contributed by atoms with Gasteiger partial charge in [0.1, 0.15) is 5.82 Å². The van der Waals surface area contributed by atoms with Gasteiger partial charge in [-0.1, -0.05) is 6.07 Å². The van der Waals surface area contributed by atoms with Crippen LogP contribution in [0.25, 0.3) is 11.3 Å². The van der Waals surface area contributed by atoms with E-state index < -0.39 is 0 Å². The maximum absolute atomic E-state index is 11.3. The van der Waals surface area contributed by atoms with Crippen molar-refractivity contribution in [2.45, 2.75) is 13.8 Å². The first-order valence-electron chi connectivity index (χ1n) is 5.49. The number of nitrogens with one attached hydrogen (secondary N) is 2. The monoisotopic (exact) mass is 243 g/mol. The molecule has 5 heteroatoms. The predicted octanol–water partition coefficient (Wildman–Crippen LogP) is 1.62. The molecule has 0 aromatic carbocycles. The lowest BCUT2D eigenvalue weighted by Gasteiger charge is -2.07. The van der Waals surface area contributed by atoms with Crippen molar-refractivity contribution in [1.29, 1.82) is 0 Å². The number of hydrogen-bond acceptors (Lipinski definition) is 3. The molecule has 2 heterocycles. The van der Waals surface area contributed by atoms with Gasteiger partial charge in [-0.3, -0.25) is 9.59 Å². The Balaban J connectivity index is 2.54. The smallest absolute Gasteiger partial charge is 0.250 e. The zero-order chi connectivity index (χ0) is 13.1. The second kappa shape index (κ2) is 4.83. The van der Waals surface area contributed by atoms with E-state index in [1.165, 1.54) is 0 Å². The number of nitrogens with zero attached hydrogens (tertiary/aromatic N) is 1. The van der Waals surface area contributed by atoms with Crippen molar-refractivity contribution in [3.8, 4) is 11.3 Å². The van der Waals surface area contributed by atoms with Gasteiger partial charge in [-0.2, -0.15) is 0 Å². The quantitative estimate of drug-likeness (QED) is 0.804. The van der Waals surface area contributed by atoms with Crippen molar-refractivity contribution in [1.82, 2.24) is 9.97 Å². The van der Waals surface area contributed by atoms with Crippen LogP contribution in [-0.4, -0.2) is 16.4 Å². The molecule has 0 aliphatic heterocycles. The van der Waals surface area contributed by atoms with Crippen LogP contribution >= 0.6 is 0 Å². The van der Waals surface area contributed by atoms with E-state index in [1.54, 1.807) is 25.3 Å². The van der Waals surface area contributed by atoms with Gasteiger partial charge < -0.3 is 10.3 Å². The minimum atomic E-state index is -0.112. The summed E-state index contributed by atoms with van der Waals surface area (Å²) in [6.07, 6.45) is 2.20. The molecule has 0 unspecified atom stereocenters. The Hall–Kier alpha value is -2.43. The van der Waals surface area contributed by atoms with Crippen LogP contribution in [0, 0.1) is 13.8 Å². The molecule has 2 aromatic heterocycles. The molecule has 0 saturated carbocycles.